The first-order valence-corrected chi connectivity index (χ1v) is 6.89. The van der Waals surface area contributed by atoms with Crippen LogP contribution >= 0.6 is 0 Å². The molecule has 1 unspecified atom stereocenters. The van der Waals surface area contributed by atoms with Crippen molar-refractivity contribution in [1.82, 2.24) is 10.2 Å². The molecule has 1 rings (SSSR count). The van der Waals surface area contributed by atoms with Gasteiger partial charge in [-0.2, -0.15) is 0 Å². The average Bonchev–Trinajstić information content (AvgIpc) is 2.41. The molecule has 0 heterocycles. The molecule has 1 atom stereocenters. The molecule has 108 valence electrons. The van der Waals surface area contributed by atoms with Gasteiger partial charge in [-0.05, 0) is 26.0 Å². The number of nitrogens with one attached hydrogen (secondary N) is 1. The van der Waals surface area contributed by atoms with Gasteiger partial charge in [0.25, 0.3) is 0 Å². The Labute approximate surface area is 116 Å². The molecule has 4 heteroatoms. The first kappa shape index (κ1) is 16.1. The number of nitrogens with zero attached hydrogens (tertiary/aromatic N) is 1. The summed E-state index contributed by atoms with van der Waals surface area (Å²) in [6.45, 7) is 4.45. The minimum atomic E-state index is 0.134. The Bertz CT molecular complexity index is 335. The van der Waals surface area contributed by atoms with Crippen LogP contribution in [0.5, 0.6) is 0 Å². The maximum atomic E-state index is 8.99. The molecule has 0 fully saturated rings. The van der Waals surface area contributed by atoms with Crippen LogP contribution in [0.4, 0.5) is 0 Å². The summed E-state index contributed by atoms with van der Waals surface area (Å²) in [6.07, 6.45) is 0.958. The van der Waals surface area contributed by atoms with Crippen LogP contribution in [0, 0.1) is 6.92 Å². The highest BCUT2D eigenvalue weighted by molar-refractivity contribution is 5.24. The van der Waals surface area contributed by atoms with Crippen molar-refractivity contribution in [3.8, 4) is 0 Å². The Morgan fingerprint density at radius 3 is 2.11 bits per heavy atom. The third-order valence-electron chi connectivity index (χ3n) is 3.39. The van der Waals surface area contributed by atoms with E-state index in [0.29, 0.717) is 19.1 Å². The molecular weight excluding hydrogens is 240 g/mol. The van der Waals surface area contributed by atoms with E-state index in [1.807, 2.05) is 7.05 Å². The van der Waals surface area contributed by atoms with Crippen LogP contribution in [0.2, 0.25) is 0 Å². The van der Waals surface area contributed by atoms with Gasteiger partial charge in [0.2, 0.25) is 0 Å². The van der Waals surface area contributed by atoms with Gasteiger partial charge in [0.1, 0.15) is 0 Å². The van der Waals surface area contributed by atoms with Gasteiger partial charge in [0, 0.05) is 25.7 Å². The van der Waals surface area contributed by atoms with Crippen molar-refractivity contribution in [3.63, 3.8) is 0 Å². The quantitative estimate of drug-likeness (QED) is 0.622. The van der Waals surface area contributed by atoms with Crippen LogP contribution in [0.15, 0.2) is 24.3 Å². The van der Waals surface area contributed by atoms with Crippen molar-refractivity contribution in [2.24, 2.45) is 0 Å². The lowest BCUT2D eigenvalue weighted by Crippen LogP contribution is -2.33. The van der Waals surface area contributed by atoms with E-state index in [4.69, 9.17) is 10.2 Å². The summed E-state index contributed by atoms with van der Waals surface area (Å²) < 4.78 is 0. The summed E-state index contributed by atoms with van der Waals surface area (Å²) in [5.41, 5.74) is 2.54. The van der Waals surface area contributed by atoms with Crippen molar-refractivity contribution in [2.45, 2.75) is 19.4 Å². The Morgan fingerprint density at radius 1 is 1.05 bits per heavy atom. The third-order valence-corrected chi connectivity index (χ3v) is 3.39. The number of aliphatic hydroxyl groups excluding tert-OH is 2. The van der Waals surface area contributed by atoms with Crippen LogP contribution in [-0.2, 0) is 0 Å². The number of hydrogen-bond acceptors (Lipinski definition) is 4. The largest absolute Gasteiger partial charge is 0.395 e. The second-order valence-corrected chi connectivity index (χ2v) is 4.83. The molecular formula is C15H26N2O2. The lowest BCUT2D eigenvalue weighted by atomic mass is 10.0. The fourth-order valence-electron chi connectivity index (χ4n) is 2.21. The highest BCUT2D eigenvalue weighted by atomic mass is 16.3. The summed E-state index contributed by atoms with van der Waals surface area (Å²) in [6, 6.07) is 8.86. The Morgan fingerprint density at radius 2 is 1.63 bits per heavy atom. The van der Waals surface area contributed by atoms with E-state index < -0.39 is 0 Å². The van der Waals surface area contributed by atoms with Gasteiger partial charge in [-0.1, -0.05) is 29.8 Å². The molecule has 0 saturated heterocycles. The lowest BCUT2D eigenvalue weighted by molar-refractivity contribution is 0.156. The van der Waals surface area contributed by atoms with Gasteiger partial charge < -0.3 is 15.5 Å². The molecule has 0 aliphatic carbocycles. The first-order valence-electron chi connectivity index (χ1n) is 6.89. The van der Waals surface area contributed by atoms with Crippen molar-refractivity contribution in [2.75, 3.05) is 39.9 Å². The maximum absolute atomic E-state index is 8.99. The second kappa shape index (κ2) is 9.04. The van der Waals surface area contributed by atoms with Crippen molar-refractivity contribution < 1.29 is 10.2 Å². The number of benzene rings is 1. The summed E-state index contributed by atoms with van der Waals surface area (Å²) >= 11 is 0. The number of hydrogen-bond donors (Lipinski definition) is 3. The number of rotatable bonds is 9. The molecule has 0 radical (unpaired) electrons. The molecule has 1 aromatic carbocycles. The van der Waals surface area contributed by atoms with Crippen molar-refractivity contribution in [1.29, 1.82) is 0 Å². The summed E-state index contributed by atoms with van der Waals surface area (Å²) in [5, 5.41) is 21.3. The normalized spacial score (nSPS) is 12.9. The topological polar surface area (TPSA) is 55.7 Å². The molecule has 19 heavy (non-hydrogen) atoms. The van der Waals surface area contributed by atoms with E-state index in [9.17, 15) is 0 Å². The van der Waals surface area contributed by atoms with Crippen molar-refractivity contribution >= 4 is 0 Å². The zero-order chi connectivity index (χ0) is 14.1. The van der Waals surface area contributed by atoms with Gasteiger partial charge in [-0.15, -0.1) is 0 Å². The van der Waals surface area contributed by atoms with E-state index >= 15 is 0 Å². The molecule has 0 aliphatic heterocycles. The van der Waals surface area contributed by atoms with Gasteiger partial charge in [0.05, 0.1) is 13.2 Å². The van der Waals surface area contributed by atoms with E-state index in [1.54, 1.807) is 0 Å². The molecule has 4 nitrogen and oxygen atoms in total. The third kappa shape index (κ3) is 5.70. The predicted molar refractivity (Wildman–Crippen MR) is 78.2 cm³/mol. The van der Waals surface area contributed by atoms with Gasteiger partial charge >= 0.3 is 0 Å². The molecule has 3 N–H and O–H groups in total. The molecule has 0 amide bonds. The standard InChI is InChI=1S/C15H26N2O2/c1-13-3-5-14(6-4-13)15(16-2)7-8-17(9-11-18)10-12-19/h3-6,15-16,18-19H,7-12H2,1-2H3. The average molecular weight is 266 g/mol. The fraction of sp³-hybridized carbons (Fsp3) is 0.600. The molecule has 0 bridgehead atoms. The monoisotopic (exact) mass is 266 g/mol. The zero-order valence-electron chi connectivity index (χ0n) is 12.0. The fourth-order valence-corrected chi connectivity index (χ4v) is 2.21. The van der Waals surface area contributed by atoms with Crippen LogP contribution in [0.3, 0.4) is 0 Å². The highest BCUT2D eigenvalue weighted by Gasteiger charge is 2.11. The Balaban J connectivity index is 2.53. The van der Waals surface area contributed by atoms with E-state index in [0.717, 1.165) is 13.0 Å². The molecule has 0 spiro atoms. The minimum Gasteiger partial charge on any atom is -0.395 e. The van der Waals surface area contributed by atoms with Crippen LogP contribution in [0.25, 0.3) is 0 Å². The van der Waals surface area contributed by atoms with Crippen LogP contribution in [0.1, 0.15) is 23.6 Å². The number of aliphatic hydroxyl groups is 2. The summed E-state index contributed by atoms with van der Waals surface area (Å²) in [7, 11) is 1.97. The SMILES string of the molecule is CNC(CCN(CCO)CCO)c1ccc(C)cc1. The summed E-state index contributed by atoms with van der Waals surface area (Å²) in [4.78, 5) is 2.08. The smallest absolute Gasteiger partial charge is 0.0558 e. The Hall–Kier alpha value is -0.940. The highest BCUT2D eigenvalue weighted by Crippen LogP contribution is 2.17. The van der Waals surface area contributed by atoms with Gasteiger partial charge in [-0.3, -0.25) is 4.90 Å². The maximum Gasteiger partial charge on any atom is 0.0558 e. The molecule has 1 aromatic rings. The van der Waals surface area contributed by atoms with Gasteiger partial charge in [-0.25, -0.2) is 0 Å². The van der Waals surface area contributed by atoms with Crippen LogP contribution in [-0.4, -0.2) is 55.0 Å². The Kier molecular flexibility index (Phi) is 7.67. The van der Waals surface area contributed by atoms with E-state index in [-0.39, 0.29) is 13.2 Å². The lowest BCUT2D eigenvalue weighted by Gasteiger charge is -2.24. The minimum absolute atomic E-state index is 0.134. The number of aryl methyl sites for hydroxylation is 1. The first-order chi connectivity index (χ1) is 9.21. The molecule has 0 aliphatic rings. The molecule has 0 aromatic heterocycles. The van der Waals surface area contributed by atoms with Crippen molar-refractivity contribution in [3.05, 3.63) is 35.4 Å². The summed E-state index contributed by atoms with van der Waals surface area (Å²) in [5.74, 6) is 0. The van der Waals surface area contributed by atoms with E-state index in [1.165, 1.54) is 11.1 Å². The second-order valence-electron chi connectivity index (χ2n) is 4.83. The van der Waals surface area contributed by atoms with Gasteiger partial charge in [0.15, 0.2) is 0 Å². The van der Waals surface area contributed by atoms with Crippen LogP contribution < -0.4 is 5.32 Å². The van der Waals surface area contributed by atoms with E-state index in [2.05, 4.69) is 41.4 Å². The predicted octanol–water partition coefficient (Wildman–Crippen LogP) is 0.932. The molecule has 0 saturated carbocycles. The zero-order valence-corrected chi connectivity index (χ0v) is 12.0.